The van der Waals surface area contributed by atoms with Crippen LogP contribution in [0.15, 0.2) is 0 Å². The first-order valence-electron chi connectivity index (χ1n) is 5.75. The fourth-order valence-electron chi connectivity index (χ4n) is 2.72. The van der Waals surface area contributed by atoms with Crippen molar-refractivity contribution >= 4 is 11.9 Å². The molecule has 0 aromatic carbocycles. The minimum atomic E-state index is -0.858. The molecule has 0 heterocycles. The quantitative estimate of drug-likeness (QED) is 0.728. The van der Waals surface area contributed by atoms with E-state index in [-0.39, 0.29) is 11.9 Å². The van der Waals surface area contributed by atoms with Crippen LogP contribution in [-0.4, -0.2) is 22.6 Å². The van der Waals surface area contributed by atoms with E-state index >= 15 is 0 Å². The highest BCUT2D eigenvalue weighted by atomic mass is 16.6. The van der Waals surface area contributed by atoms with Crippen LogP contribution in [0.1, 0.15) is 33.6 Å². The van der Waals surface area contributed by atoms with Crippen LogP contribution in [0, 0.1) is 23.7 Å². The molecule has 2 aliphatic rings. The minimum Gasteiger partial charge on any atom is -0.481 e. The molecule has 16 heavy (non-hydrogen) atoms. The summed E-state index contributed by atoms with van der Waals surface area (Å²) in [5.74, 6) is -1.43. The lowest BCUT2D eigenvalue weighted by molar-refractivity contribution is -0.166. The van der Waals surface area contributed by atoms with Gasteiger partial charge < -0.3 is 9.84 Å². The summed E-state index contributed by atoms with van der Waals surface area (Å²) in [5.41, 5.74) is -0.535. The molecular weight excluding hydrogens is 208 g/mol. The standard InChI is InChI=1S/C12H18O4/c1-12(2,3)16-11(15)9-7-4-6(7)5-8(9)10(13)14/h6-9H,4-5H2,1-3H3,(H,13,14). The Morgan fingerprint density at radius 2 is 1.88 bits per heavy atom. The number of carboxylic acid groups (broad SMARTS) is 1. The molecule has 2 rings (SSSR count). The van der Waals surface area contributed by atoms with Crippen LogP contribution in [0.4, 0.5) is 0 Å². The third-order valence-electron chi connectivity index (χ3n) is 3.42. The van der Waals surface area contributed by atoms with Gasteiger partial charge in [-0.2, -0.15) is 0 Å². The van der Waals surface area contributed by atoms with Crippen molar-refractivity contribution in [3.8, 4) is 0 Å². The summed E-state index contributed by atoms with van der Waals surface area (Å²) in [6.45, 7) is 5.42. The first-order chi connectivity index (χ1) is 7.29. The molecule has 0 aromatic rings. The predicted octanol–water partition coefficient (Wildman–Crippen LogP) is 1.68. The Kier molecular flexibility index (Phi) is 2.48. The summed E-state index contributed by atoms with van der Waals surface area (Å²) in [4.78, 5) is 23.0. The van der Waals surface area contributed by atoms with Gasteiger partial charge in [0, 0.05) is 0 Å². The zero-order valence-corrected chi connectivity index (χ0v) is 9.90. The summed E-state index contributed by atoms with van der Waals surface area (Å²) in [5, 5.41) is 9.06. The Morgan fingerprint density at radius 3 is 2.38 bits per heavy atom. The van der Waals surface area contributed by atoms with Gasteiger partial charge in [0.05, 0.1) is 11.8 Å². The maximum atomic E-state index is 11.9. The van der Waals surface area contributed by atoms with Crippen molar-refractivity contribution in [1.29, 1.82) is 0 Å². The summed E-state index contributed by atoms with van der Waals surface area (Å²) in [6, 6.07) is 0. The highest BCUT2D eigenvalue weighted by molar-refractivity contribution is 5.83. The van der Waals surface area contributed by atoms with E-state index in [2.05, 4.69) is 0 Å². The fourth-order valence-corrected chi connectivity index (χ4v) is 2.72. The van der Waals surface area contributed by atoms with E-state index in [1.54, 1.807) is 20.8 Å². The number of carbonyl (C=O) groups excluding carboxylic acids is 1. The molecule has 2 fully saturated rings. The zero-order valence-electron chi connectivity index (χ0n) is 9.90. The van der Waals surface area contributed by atoms with Crippen LogP contribution in [0.5, 0.6) is 0 Å². The summed E-state index contributed by atoms with van der Waals surface area (Å²) < 4.78 is 5.30. The topological polar surface area (TPSA) is 63.6 Å². The fraction of sp³-hybridized carbons (Fsp3) is 0.833. The molecule has 90 valence electrons. The van der Waals surface area contributed by atoms with Gasteiger partial charge >= 0.3 is 11.9 Å². The van der Waals surface area contributed by atoms with Gasteiger partial charge in [0.2, 0.25) is 0 Å². The van der Waals surface area contributed by atoms with Crippen molar-refractivity contribution in [2.75, 3.05) is 0 Å². The normalized spacial score (nSPS) is 36.7. The minimum absolute atomic E-state index is 0.260. The number of fused-ring (bicyclic) bond motifs is 1. The van der Waals surface area contributed by atoms with E-state index in [0.717, 1.165) is 6.42 Å². The van der Waals surface area contributed by atoms with Gasteiger partial charge in [-0.3, -0.25) is 9.59 Å². The van der Waals surface area contributed by atoms with E-state index in [1.165, 1.54) is 0 Å². The maximum absolute atomic E-state index is 11.9. The molecular formula is C12H18O4. The van der Waals surface area contributed by atoms with Crippen LogP contribution in [0.2, 0.25) is 0 Å². The van der Waals surface area contributed by atoms with E-state index < -0.39 is 23.4 Å². The molecule has 0 amide bonds. The first-order valence-corrected chi connectivity index (χ1v) is 5.75. The van der Waals surface area contributed by atoms with E-state index in [9.17, 15) is 9.59 Å². The number of aliphatic carboxylic acids is 1. The first kappa shape index (κ1) is 11.4. The smallest absolute Gasteiger partial charge is 0.310 e. The summed E-state index contributed by atoms with van der Waals surface area (Å²) >= 11 is 0. The Bertz CT molecular complexity index is 328. The maximum Gasteiger partial charge on any atom is 0.310 e. The zero-order chi connectivity index (χ0) is 12.1. The lowest BCUT2D eigenvalue weighted by Crippen LogP contribution is -2.34. The predicted molar refractivity (Wildman–Crippen MR) is 56.7 cm³/mol. The Labute approximate surface area is 95.0 Å². The number of esters is 1. The summed E-state index contributed by atoms with van der Waals surface area (Å²) in [7, 11) is 0. The van der Waals surface area contributed by atoms with Gasteiger partial charge in [0.15, 0.2) is 0 Å². The Morgan fingerprint density at radius 1 is 1.25 bits per heavy atom. The van der Waals surface area contributed by atoms with Gasteiger partial charge in [0.1, 0.15) is 5.60 Å². The second-order valence-corrected chi connectivity index (χ2v) is 5.90. The van der Waals surface area contributed by atoms with Crippen molar-refractivity contribution in [2.45, 2.75) is 39.2 Å². The molecule has 0 saturated heterocycles. The number of carboxylic acids is 1. The van der Waals surface area contributed by atoms with Crippen molar-refractivity contribution in [2.24, 2.45) is 23.7 Å². The van der Waals surface area contributed by atoms with Crippen molar-refractivity contribution in [3.63, 3.8) is 0 Å². The van der Waals surface area contributed by atoms with Gasteiger partial charge in [0.25, 0.3) is 0 Å². The molecule has 2 saturated carbocycles. The molecule has 0 aromatic heterocycles. The van der Waals surface area contributed by atoms with E-state index in [1.807, 2.05) is 0 Å². The van der Waals surface area contributed by atoms with Crippen LogP contribution in [0.3, 0.4) is 0 Å². The SMILES string of the molecule is CC(C)(C)OC(=O)C1C(C(=O)O)CC2CC21. The second-order valence-electron chi connectivity index (χ2n) is 5.90. The Hall–Kier alpha value is -1.06. The molecule has 0 bridgehead atoms. The molecule has 4 heteroatoms. The third-order valence-corrected chi connectivity index (χ3v) is 3.42. The number of ether oxygens (including phenoxy) is 1. The monoisotopic (exact) mass is 226 g/mol. The molecule has 4 atom stereocenters. The molecule has 0 spiro atoms. The van der Waals surface area contributed by atoms with E-state index in [4.69, 9.17) is 9.84 Å². The van der Waals surface area contributed by atoms with Crippen molar-refractivity contribution in [1.82, 2.24) is 0 Å². The second kappa shape index (κ2) is 3.47. The van der Waals surface area contributed by atoms with Crippen molar-refractivity contribution in [3.05, 3.63) is 0 Å². The molecule has 2 aliphatic carbocycles. The van der Waals surface area contributed by atoms with Crippen LogP contribution in [-0.2, 0) is 14.3 Å². The van der Waals surface area contributed by atoms with Crippen LogP contribution < -0.4 is 0 Å². The largest absolute Gasteiger partial charge is 0.481 e. The van der Waals surface area contributed by atoms with Crippen LogP contribution in [0.25, 0.3) is 0 Å². The molecule has 0 radical (unpaired) electrons. The van der Waals surface area contributed by atoms with Gasteiger partial charge in [-0.05, 0) is 45.4 Å². The molecule has 1 N–H and O–H groups in total. The number of hydrogen-bond acceptors (Lipinski definition) is 3. The van der Waals surface area contributed by atoms with Gasteiger partial charge in [-0.1, -0.05) is 0 Å². The number of hydrogen-bond donors (Lipinski definition) is 1. The molecule has 0 aliphatic heterocycles. The average molecular weight is 226 g/mol. The average Bonchev–Trinajstić information content (AvgIpc) is 2.73. The number of carbonyl (C=O) groups is 2. The van der Waals surface area contributed by atoms with Crippen LogP contribution >= 0.6 is 0 Å². The Balaban J connectivity index is 2.07. The third kappa shape index (κ3) is 2.06. The highest BCUT2D eigenvalue weighted by Gasteiger charge is 2.59. The number of rotatable bonds is 2. The van der Waals surface area contributed by atoms with E-state index in [0.29, 0.717) is 12.3 Å². The van der Waals surface area contributed by atoms with Gasteiger partial charge in [-0.15, -0.1) is 0 Å². The summed E-state index contributed by atoms with van der Waals surface area (Å²) in [6.07, 6.45) is 1.64. The van der Waals surface area contributed by atoms with Gasteiger partial charge in [-0.25, -0.2) is 0 Å². The lowest BCUT2D eigenvalue weighted by atomic mass is 9.91. The van der Waals surface area contributed by atoms with Crippen molar-refractivity contribution < 1.29 is 19.4 Å². The lowest BCUT2D eigenvalue weighted by Gasteiger charge is -2.24. The molecule has 4 nitrogen and oxygen atoms in total. The molecule has 4 unspecified atom stereocenters. The highest BCUT2D eigenvalue weighted by Crippen LogP contribution is 2.58.